The van der Waals surface area contributed by atoms with Crippen LogP contribution in [-0.4, -0.2) is 31.4 Å². The number of esters is 2. The van der Waals surface area contributed by atoms with Crippen LogP contribution in [0, 0.1) is 0 Å². The third-order valence-corrected chi connectivity index (χ3v) is 7.29. The first-order chi connectivity index (χ1) is 21.5. The Morgan fingerprint density at radius 2 is 1.11 bits per heavy atom. The topological polar surface area (TPSA) is 122 Å². The van der Waals surface area contributed by atoms with Crippen LogP contribution in [-0.2, 0) is 9.47 Å². The summed E-state index contributed by atoms with van der Waals surface area (Å²) in [5.74, 6) is -0.719. The molecule has 4 aromatic heterocycles. The lowest BCUT2D eigenvalue weighted by Crippen LogP contribution is -2.02. The van der Waals surface area contributed by atoms with Crippen LogP contribution in [0.3, 0.4) is 0 Å². The Labute approximate surface area is 248 Å². The molecule has 8 rings (SSSR count). The fourth-order valence-corrected chi connectivity index (χ4v) is 5.47. The van der Waals surface area contributed by atoms with E-state index in [9.17, 15) is 14.4 Å². The van der Waals surface area contributed by atoms with Crippen molar-refractivity contribution in [1.29, 1.82) is 0 Å². The molecule has 0 atom stereocenters. The van der Waals surface area contributed by atoms with E-state index < -0.39 is 11.9 Å². The number of ether oxygens (including phenoxy) is 2. The molecule has 0 saturated heterocycles. The first kappa shape index (κ1) is 27.0. The quantitative estimate of drug-likeness (QED) is 0.143. The van der Waals surface area contributed by atoms with Crippen molar-refractivity contribution in [3.8, 4) is 0 Å². The molecule has 4 heterocycles. The molecule has 0 aliphatic heterocycles. The van der Waals surface area contributed by atoms with Gasteiger partial charge in [0.05, 0.1) is 18.8 Å². The van der Waals surface area contributed by atoms with Gasteiger partial charge < -0.3 is 27.1 Å². The predicted octanol–water partition coefficient (Wildman–Crippen LogP) is 8.83. The first-order valence-corrected chi connectivity index (χ1v) is 14.0. The van der Waals surface area contributed by atoms with Gasteiger partial charge in [0, 0.05) is 44.5 Å². The molecule has 0 unspecified atom stereocenters. The summed E-state index contributed by atoms with van der Waals surface area (Å²) < 4.78 is 32.7. The zero-order valence-electron chi connectivity index (χ0n) is 23.7. The van der Waals surface area contributed by atoms with E-state index in [0.29, 0.717) is 46.2 Å². The number of furan rings is 4. The van der Waals surface area contributed by atoms with Gasteiger partial charge in [-0.25, -0.2) is 9.59 Å². The van der Waals surface area contributed by atoms with Gasteiger partial charge in [-0.2, -0.15) is 0 Å². The SMILES string of the molecule is CCOC(=O)c1cc2c(ccc3oc4ccccc4c32)o1.CCOC(=O)c1cc2c(o1)c(C=O)cc1oc3ccccc3c12. The normalized spacial score (nSPS) is 11.4. The van der Waals surface area contributed by atoms with E-state index in [1.165, 1.54) is 0 Å². The molecule has 218 valence electrons. The van der Waals surface area contributed by atoms with Crippen molar-refractivity contribution in [3.63, 3.8) is 0 Å². The number of hydrogen-bond donors (Lipinski definition) is 0. The maximum absolute atomic E-state index is 11.9. The lowest BCUT2D eigenvalue weighted by molar-refractivity contribution is 0.0484. The monoisotopic (exact) mass is 588 g/mol. The second-order valence-electron chi connectivity index (χ2n) is 9.91. The van der Waals surface area contributed by atoms with Gasteiger partial charge in [0.15, 0.2) is 6.29 Å². The van der Waals surface area contributed by atoms with Gasteiger partial charge >= 0.3 is 11.9 Å². The van der Waals surface area contributed by atoms with Crippen molar-refractivity contribution in [2.75, 3.05) is 13.2 Å². The Morgan fingerprint density at radius 1 is 0.591 bits per heavy atom. The fraction of sp³-hybridized carbons (Fsp3) is 0.114. The maximum Gasteiger partial charge on any atom is 0.374 e. The summed E-state index contributed by atoms with van der Waals surface area (Å²) in [6, 6.07) is 24.0. The predicted molar refractivity (Wildman–Crippen MR) is 164 cm³/mol. The first-order valence-electron chi connectivity index (χ1n) is 14.0. The average molecular weight is 589 g/mol. The van der Waals surface area contributed by atoms with Crippen LogP contribution in [0.5, 0.6) is 0 Å². The molecule has 0 aliphatic carbocycles. The number of para-hydroxylation sites is 2. The van der Waals surface area contributed by atoms with E-state index in [2.05, 4.69) is 0 Å². The zero-order valence-corrected chi connectivity index (χ0v) is 23.7. The summed E-state index contributed by atoms with van der Waals surface area (Å²) in [5.41, 5.74) is 4.24. The molecule has 0 N–H and O–H groups in total. The standard InChI is InChI=1S/C18H12O5.C17H12O4/c1-2-21-18(20)15-8-12-16-11-5-3-4-6-13(11)22-14(16)7-10(9-19)17(12)23-15;1-2-19-17(18)15-9-11-13(21-15)7-8-14-16(11)10-5-3-4-6-12(10)20-14/h3-9H,2H2,1H3;3-9H,2H2,1H3. The van der Waals surface area contributed by atoms with Crippen LogP contribution in [0.2, 0.25) is 0 Å². The third kappa shape index (κ3) is 4.37. The highest BCUT2D eigenvalue weighted by molar-refractivity contribution is 6.21. The van der Waals surface area contributed by atoms with Gasteiger partial charge in [0.1, 0.15) is 33.5 Å². The summed E-state index contributed by atoms with van der Waals surface area (Å²) in [5, 5.41) is 5.22. The van der Waals surface area contributed by atoms with Crippen LogP contribution >= 0.6 is 0 Å². The Bertz CT molecular complexity index is 2380. The van der Waals surface area contributed by atoms with Crippen molar-refractivity contribution >= 4 is 84.0 Å². The highest BCUT2D eigenvalue weighted by Gasteiger charge is 2.21. The Balaban J connectivity index is 0.000000143. The number of benzene rings is 4. The number of rotatable bonds is 5. The molecule has 0 radical (unpaired) electrons. The van der Waals surface area contributed by atoms with Crippen LogP contribution in [0.25, 0.3) is 65.8 Å². The van der Waals surface area contributed by atoms with Gasteiger partial charge in [-0.15, -0.1) is 0 Å². The molecule has 0 spiro atoms. The van der Waals surface area contributed by atoms with Crippen LogP contribution < -0.4 is 0 Å². The number of fused-ring (bicyclic) bond motifs is 10. The maximum atomic E-state index is 11.9. The van der Waals surface area contributed by atoms with Crippen molar-refractivity contribution in [2.24, 2.45) is 0 Å². The molecule has 0 fully saturated rings. The summed E-state index contributed by atoms with van der Waals surface area (Å²) in [4.78, 5) is 35.1. The second kappa shape index (κ2) is 10.8. The second-order valence-corrected chi connectivity index (χ2v) is 9.91. The van der Waals surface area contributed by atoms with E-state index in [0.717, 1.165) is 38.1 Å². The van der Waals surface area contributed by atoms with Gasteiger partial charge in [0.2, 0.25) is 11.5 Å². The summed E-state index contributed by atoms with van der Waals surface area (Å²) >= 11 is 0. The molecule has 9 heteroatoms. The minimum Gasteiger partial charge on any atom is -0.460 e. The molecule has 44 heavy (non-hydrogen) atoms. The van der Waals surface area contributed by atoms with Crippen LogP contribution in [0.15, 0.2) is 96.5 Å². The summed E-state index contributed by atoms with van der Waals surface area (Å²) in [7, 11) is 0. The van der Waals surface area contributed by atoms with Gasteiger partial charge in [-0.3, -0.25) is 4.79 Å². The minimum absolute atomic E-state index is 0.0720. The van der Waals surface area contributed by atoms with Gasteiger partial charge in [-0.05, 0) is 44.2 Å². The van der Waals surface area contributed by atoms with Crippen molar-refractivity contribution in [3.05, 3.63) is 95.9 Å². The summed E-state index contributed by atoms with van der Waals surface area (Å²) in [6.07, 6.45) is 0.688. The molecule has 9 nitrogen and oxygen atoms in total. The molecular weight excluding hydrogens is 564 g/mol. The smallest absolute Gasteiger partial charge is 0.374 e. The Hall–Kier alpha value is -5.83. The van der Waals surface area contributed by atoms with Gasteiger partial charge in [0.25, 0.3) is 0 Å². The van der Waals surface area contributed by atoms with Crippen molar-refractivity contribution in [1.82, 2.24) is 0 Å². The molecule has 8 aromatic rings. The Morgan fingerprint density at radius 3 is 1.75 bits per heavy atom. The third-order valence-electron chi connectivity index (χ3n) is 7.29. The summed E-state index contributed by atoms with van der Waals surface area (Å²) in [6.45, 7) is 4.06. The van der Waals surface area contributed by atoms with E-state index >= 15 is 0 Å². The number of aldehydes is 1. The van der Waals surface area contributed by atoms with Crippen LogP contribution in [0.4, 0.5) is 0 Å². The number of carbonyl (C=O) groups excluding carboxylic acids is 3. The molecule has 0 amide bonds. The van der Waals surface area contributed by atoms with E-state index in [4.69, 9.17) is 27.1 Å². The average Bonchev–Trinajstić information content (AvgIpc) is 3.82. The molecule has 0 saturated carbocycles. The fourth-order valence-electron chi connectivity index (χ4n) is 5.47. The zero-order chi connectivity index (χ0) is 30.4. The Kier molecular flexibility index (Phi) is 6.62. The van der Waals surface area contributed by atoms with E-state index in [1.807, 2.05) is 60.7 Å². The van der Waals surface area contributed by atoms with Gasteiger partial charge in [-0.1, -0.05) is 36.4 Å². The molecule has 0 aliphatic rings. The molecule has 0 bridgehead atoms. The number of carbonyl (C=O) groups is 3. The minimum atomic E-state index is -0.554. The highest BCUT2D eigenvalue weighted by atomic mass is 16.5. The van der Waals surface area contributed by atoms with Crippen molar-refractivity contribution in [2.45, 2.75) is 13.8 Å². The largest absolute Gasteiger partial charge is 0.460 e. The highest BCUT2D eigenvalue weighted by Crippen LogP contribution is 2.38. The van der Waals surface area contributed by atoms with E-state index in [1.54, 1.807) is 32.0 Å². The molecular formula is C35H24O9. The molecule has 4 aromatic carbocycles. The number of hydrogen-bond acceptors (Lipinski definition) is 9. The van der Waals surface area contributed by atoms with Crippen molar-refractivity contribution < 1.29 is 41.5 Å². The lowest BCUT2D eigenvalue weighted by Gasteiger charge is -1.96. The van der Waals surface area contributed by atoms with E-state index in [-0.39, 0.29) is 18.1 Å². The lowest BCUT2D eigenvalue weighted by atomic mass is 10.1. The van der Waals surface area contributed by atoms with Crippen LogP contribution in [0.1, 0.15) is 45.3 Å².